The predicted molar refractivity (Wildman–Crippen MR) is 106 cm³/mol. The molecule has 0 saturated heterocycles. The van der Waals surface area contributed by atoms with Crippen molar-refractivity contribution in [3.63, 3.8) is 0 Å². The number of benzene rings is 3. The number of hydrogen-bond acceptors (Lipinski definition) is 4. The summed E-state index contributed by atoms with van der Waals surface area (Å²) in [5.74, 6) is 0.113. The van der Waals surface area contributed by atoms with E-state index in [2.05, 4.69) is 5.32 Å². The standard InChI is InChI=1S/C23H21NO4/c1-17-10-12-20(13-11-17)27-16-22(25)28-21-9-5-8-19(14-21)23(26)24-15-18-6-3-2-4-7-18/h2-14H,15-16H2,1H3,(H,24,26). The first kappa shape index (κ1) is 19.2. The highest BCUT2D eigenvalue weighted by molar-refractivity contribution is 5.94. The number of esters is 1. The van der Waals surface area contributed by atoms with E-state index in [1.54, 1.807) is 30.3 Å². The normalized spacial score (nSPS) is 10.2. The Bertz CT molecular complexity index is 936. The Morgan fingerprint density at radius 2 is 1.61 bits per heavy atom. The van der Waals surface area contributed by atoms with Gasteiger partial charge in [0.2, 0.25) is 0 Å². The molecule has 0 unspecified atom stereocenters. The Kier molecular flexibility index (Phi) is 6.41. The van der Waals surface area contributed by atoms with Crippen LogP contribution in [0.5, 0.6) is 11.5 Å². The number of hydrogen-bond donors (Lipinski definition) is 1. The van der Waals surface area contributed by atoms with Gasteiger partial charge in [-0.2, -0.15) is 0 Å². The highest BCUT2D eigenvalue weighted by Crippen LogP contribution is 2.15. The number of rotatable bonds is 7. The van der Waals surface area contributed by atoms with Gasteiger partial charge in [0.15, 0.2) is 6.61 Å². The van der Waals surface area contributed by atoms with Crippen LogP contribution in [0.2, 0.25) is 0 Å². The molecule has 5 nitrogen and oxygen atoms in total. The van der Waals surface area contributed by atoms with Crippen molar-refractivity contribution in [3.05, 3.63) is 95.6 Å². The van der Waals surface area contributed by atoms with Crippen molar-refractivity contribution in [1.29, 1.82) is 0 Å². The van der Waals surface area contributed by atoms with Gasteiger partial charge in [-0.1, -0.05) is 54.1 Å². The predicted octanol–water partition coefficient (Wildman–Crippen LogP) is 3.91. The minimum atomic E-state index is -0.539. The summed E-state index contributed by atoms with van der Waals surface area (Å²) in [4.78, 5) is 24.3. The number of amides is 1. The van der Waals surface area contributed by atoms with E-state index in [0.29, 0.717) is 23.6 Å². The van der Waals surface area contributed by atoms with Gasteiger partial charge in [-0.3, -0.25) is 4.79 Å². The molecule has 1 N–H and O–H groups in total. The lowest BCUT2D eigenvalue weighted by Gasteiger charge is -2.09. The van der Waals surface area contributed by atoms with E-state index < -0.39 is 5.97 Å². The minimum Gasteiger partial charge on any atom is -0.482 e. The van der Waals surface area contributed by atoms with E-state index in [0.717, 1.165) is 11.1 Å². The van der Waals surface area contributed by atoms with Crippen LogP contribution in [0.1, 0.15) is 21.5 Å². The van der Waals surface area contributed by atoms with Gasteiger partial charge >= 0.3 is 5.97 Å². The van der Waals surface area contributed by atoms with Crippen molar-refractivity contribution < 1.29 is 19.1 Å². The summed E-state index contributed by atoms with van der Waals surface area (Å²) >= 11 is 0. The molecule has 0 spiro atoms. The number of ether oxygens (including phenoxy) is 2. The van der Waals surface area contributed by atoms with Gasteiger partial charge < -0.3 is 14.8 Å². The van der Waals surface area contributed by atoms with Crippen LogP contribution in [-0.4, -0.2) is 18.5 Å². The lowest BCUT2D eigenvalue weighted by Crippen LogP contribution is -2.23. The molecule has 0 saturated carbocycles. The molecule has 0 aliphatic carbocycles. The highest BCUT2D eigenvalue weighted by atomic mass is 16.6. The summed E-state index contributed by atoms with van der Waals surface area (Å²) in [5, 5.41) is 2.84. The summed E-state index contributed by atoms with van der Waals surface area (Å²) in [7, 11) is 0. The second-order valence-electron chi connectivity index (χ2n) is 6.27. The summed E-state index contributed by atoms with van der Waals surface area (Å²) < 4.78 is 10.7. The molecule has 0 fully saturated rings. The van der Waals surface area contributed by atoms with E-state index >= 15 is 0 Å². The van der Waals surface area contributed by atoms with Crippen molar-refractivity contribution in [3.8, 4) is 11.5 Å². The fourth-order valence-corrected chi connectivity index (χ4v) is 2.52. The van der Waals surface area contributed by atoms with Gasteiger partial charge in [0, 0.05) is 12.1 Å². The van der Waals surface area contributed by atoms with Crippen LogP contribution >= 0.6 is 0 Å². The third kappa shape index (κ3) is 5.71. The fourth-order valence-electron chi connectivity index (χ4n) is 2.52. The smallest absolute Gasteiger partial charge is 0.349 e. The largest absolute Gasteiger partial charge is 0.482 e. The molecule has 3 rings (SSSR count). The van der Waals surface area contributed by atoms with Crippen LogP contribution in [0.25, 0.3) is 0 Å². The lowest BCUT2D eigenvalue weighted by molar-refractivity contribution is -0.136. The van der Waals surface area contributed by atoms with Gasteiger partial charge in [0.25, 0.3) is 5.91 Å². The maximum absolute atomic E-state index is 12.3. The number of carbonyl (C=O) groups excluding carboxylic acids is 2. The molecule has 0 atom stereocenters. The maximum atomic E-state index is 12.3. The van der Waals surface area contributed by atoms with Crippen LogP contribution in [0.3, 0.4) is 0 Å². The first-order chi connectivity index (χ1) is 13.6. The van der Waals surface area contributed by atoms with E-state index in [1.807, 2.05) is 49.4 Å². The third-order valence-corrected chi connectivity index (χ3v) is 4.00. The monoisotopic (exact) mass is 375 g/mol. The van der Waals surface area contributed by atoms with Crippen LogP contribution in [0.15, 0.2) is 78.9 Å². The summed E-state index contributed by atoms with van der Waals surface area (Å²) in [6, 6.07) is 23.5. The van der Waals surface area contributed by atoms with Crippen molar-refractivity contribution in [2.75, 3.05) is 6.61 Å². The zero-order chi connectivity index (χ0) is 19.8. The molecule has 3 aromatic carbocycles. The quantitative estimate of drug-likeness (QED) is 0.502. The number of nitrogens with one attached hydrogen (secondary N) is 1. The van der Waals surface area contributed by atoms with Crippen molar-refractivity contribution >= 4 is 11.9 Å². The van der Waals surface area contributed by atoms with Gasteiger partial charge in [-0.25, -0.2) is 4.79 Å². The average Bonchev–Trinajstić information content (AvgIpc) is 2.72. The molecule has 0 aliphatic rings. The molecule has 1 amide bonds. The van der Waals surface area contributed by atoms with Crippen molar-refractivity contribution in [1.82, 2.24) is 5.32 Å². The Labute approximate surface area is 163 Å². The van der Waals surface area contributed by atoms with E-state index in [1.165, 1.54) is 6.07 Å². The lowest BCUT2D eigenvalue weighted by atomic mass is 10.2. The Balaban J connectivity index is 1.52. The molecular weight excluding hydrogens is 354 g/mol. The summed E-state index contributed by atoms with van der Waals surface area (Å²) in [6.45, 7) is 2.18. The van der Waals surface area contributed by atoms with E-state index in [9.17, 15) is 9.59 Å². The van der Waals surface area contributed by atoms with E-state index in [-0.39, 0.29) is 12.5 Å². The second-order valence-corrected chi connectivity index (χ2v) is 6.27. The molecular formula is C23H21NO4. The SMILES string of the molecule is Cc1ccc(OCC(=O)Oc2cccc(C(=O)NCc3ccccc3)c2)cc1. The van der Waals surface area contributed by atoms with Gasteiger partial charge in [0.05, 0.1) is 0 Å². The summed E-state index contributed by atoms with van der Waals surface area (Å²) in [5.41, 5.74) is 2.53. The van der Waals surface area contributed by atoms with E-state index in [4.69, 9.17) is 9.47 Å². The van der Waals surface area contributed by atoms with Crippen LogP contribution in [0.4, 0.5) is 0 Å². The number of carbonyl (C=O) groups is 2. The fraction of sp³-hybridized carbons (Fsp3) is 0.130. The molecule has 0 radical (unpaired) electrons. The van der Waals surface area contributed by atoms with Gasteiger partial charge in [-0.05, 0) is 42.8 Å². The van der Waals surface area contributed by atoms with Crippen LogP contribution < -0.4 is 14.8 Å². The second kappa shape index (κ2) is 9.37. The molecule has 0 aromatic heterocycles. The topological polar surface area (TPSA) is 64.6 Å². The first-order valence-corrected chi connectivity index (χ1v) is 8.92. The summed E-state index contributed by atoms with van der Waals surface area (Å²) in [6.07, 6.45) is 0. The molecule has 28 heavy (non-hydrogen) atoms. The molecule has 142 valence electrons. The van der Waals surface area contributed by atoms with Gasteiger partial charge in [-0.15, -0.1) is 0 Å². The molecule has 5 heteroatoms. The van der Waals surface area contributed by atoms with Crippen LogP contribution in [0, 0.1) is 6.92 Å². The van der Waals surface area contributed by atoms with Crippen LogP contribution in [-0.2, 0) is 11.3 Å². The Morgan fingerprint density at radius 1 is 0.857 bits per heavy atom. The molecule has 0 bridgehead atoms. The first-order valence-electron chi connectivity index (χ1n) is 8.92. The number of aryl methyl sites for hydroxylation is 1. The molecule has 3 aromatic rings. The zero-order valence-corrected chi connectivity index (χ0v) is 15.6. The third-order valence-electron chi connectivity index (χ3n) is 4.00. The Hall–Kier alpha value is -3.60. The van der Waals surface area contributed by atoms with Crippen molar-refractivity contribution in [2.24, 2.45) is 0 Å². The highest BCUT2D eigenvalue weighted by Gasteiger charge is 2.10. The molecule has 0 aliphatic heterocycles. The zero-order valence-electron chi connectivity index (χ0n) is 15.6. The van der Waals surface area contributed by atoms with Crippen molar-refractivity contribution in [2.45, 2.75) is 13.5 Å². The minimum absolute atomic E-state index is 0.215. The van der Waals surface area contributed by atoms with Gasteiger partial charge in [0.1, 0.15) is 11.5 Å². The molecule has 0 heterocycles. The maximum Gasteiger partial charge on any atom is 0.349 e. The average molecular weight is 375 g/mol. The Morgan fingerprint density at radius 3 is 2.36 bits per heavy atom.